The van der Waals surface area contributed by atoms with E-state index in [1.54, 1.807) is 29.1 Å². The number of carbonyl (C=O) groups is 1. The maximum atomic E-state index is 14.5. The molecular weight excluding hydrogens is 499 g/mol. The molecule has 0 saturated carbocycles. The van der Waals surface area contributed by atoms with Gasteiger partial charge in [0.2, 0.25) is 5.88 Å². The molecule has 0 aliphatic carbocycles. The lowest BCUT2D eigenvalue weighted by molar-refractivity contribution is 0.122. The quantitative estimate of drug-likeness (QED) is 0.345. The van der Waals surface area contributed by atoms with Crippen LogP contribution in [0.25, 0.3) is 11.3 Å². The van der Waals surface area contributed by atoms with Gasteiger partial charge in [-0.15, -0.1) is 0 Å². The van der Waals surface area contributed by atoms with Gasteiger partial charge < -0.3 is 25.0 Å². The van der Waals surface area contributed by atoms with Crippen LogP contribution in [0.15, 0.2) is 67.0 Å². The number of anilines is 3. The second kappa shape index (κ2) is 10.9. The molecule has 0 atom stereocenters. The van der Waals surface area contributed by atoms with Crippen LogP contribution in [-0.4, -0.2) is 47.1 Å². The molecule has 2 aromatic carbocycles. The number of aromatic nitrogens is 3. The minimum atomic E-state index is -0.622. The standard InChI is InChI=1S/C26H24ClFN6O3/c1-33-16-17(15-29-33)23-3-2-4-25(31-23)37-21-5-6-22(28)24(14-21)32-26(35)30-19-11-18(27)12-20(13-19)34-7-9-36-10-8-34/h2-6,11-16H,7-10H2,1H3,(H2,30,32,35). The lowest BCUT2D eigenvalue weighted by Crippen LogP contribution is -2.36. The maximum Gasteiger partial charge on any atom is 0.323 e. The molecule has 0 spiro atoms. The lowest BCUT2D eigenvalue weighted by Gasteiger charge is -2.29. The SMILES string of the molecule is Cn1cc(-c2cccc(Oc3ccc(F)c(NC(=O)Nc4cc(Cl)cc(N5CCOCC5)c4)c3)n2)cn1. The number of aryl methyl sites for hydroxylation is 1. The Bertz CT molecular complexity index is 1420. The average Bonchev–Trinajstić information content (AvgIpc) is 3.33. The van der Waals surface area contributed by atoms with E-state index in [0.717, 1.165) is 24.3 Å². The van der Waals surface area contributed by atoms with E-state index >= 15 is 0 Å². The first kappa shape index (κ1) is 24.5. The molecule has 0 radical (unpaired) electrons. The van der Waals surface area contributed by atoms with E-state index in [1.165, 1.54) is 18.2 Å². The fourth-order valence-corrected chi connectivity index (χ4v) is 4.13. The van der Waals surface area contributed by atoms with E-state index < -0.39 is 11.8 Å². The van der Waals surface area contributed by atoms with E-state index in [2.05, 4.69) is 25.6 Å². The number of hydrogen-bond donors (Lipinski definition) is 2. The van der Waals surface area contributed by atoms with Gasteiger partial charge in [0, 0.05) is 60.4 Å². The Kier molecular flexibility index (Phi) is 7.20. The van der Waals surface area contributed by atoms with Gasteiger partial charge in [-0.05, 0) is 36.4 Å². The monoisotopic (exact) mass is 522 g/mol. The van der Waals surface area contributed by atoms with Crippen LogP contribution in [0.3, 0.4) is 0 Å². The number of halogens is 2. The number of nitrogens with zero attached hydrogens (tertiary/aromatic N) is 4. The van der Waals surface area contributed by atoms with E-state index in [-0.39, 0.29) is 5.69 Å². The van der Waals surface area contributed by atoms with E-state index in [0.29, 0.717) is 41.2 Å². The van der Waals surface area contributed by atoms with E-state index in [4.69, 9.17) is 21.1 Å². The first-order chi connectivity index (χ1) is 17.9. The Morgan fingerprint density at radius 2 is 1.95 bits per heavy atom. The molecule has 0 bridgehead atoms. The van der Waals surface area contributed by atoms with Crippen molar-refractivity contribution in [2.24, 2.45) is 7.05 Å². The van der Waals surface area contributed by atoms with Crippen LogP contribution in [-0.2, 0) is 11.8 Å². The van der Waals surface area contributed by atoms with Crippen LogP contribution in [0.5, 0.6) is 11.6 Å². The second-order valence-electron chi connectivity index (χ2n) is 8.38. The molecule has 2 amide bonds. The number of amides is 2. The molecule has 190 valence electrons. The molecule has 11 heteroatoms. The summed E-state index contributed by atoms with van der Waals surface area (Å²) in [7, 11) is 1.82. The van der Waals surface area contributed by atoms with Crippen molar-refractivity contribution in [3.63, 3.8) is 0 Å². The lowest BCUT2D eigenvalue weighted by atomic mass is 10.2. The summed E-state index contributed by atoms with van der Waals surface area (Å²) in [5.74, 6) is 0.0162. The number of carbonyl (C=O) groups excluding carboxylic acids is 1. The Morgan fingerprint density at radius 3 is 2.73 bits per heavy atom. The average molecular weight is 523 g/mol. The fraction of sp³-hybridized carbons (Fsp3) is 0.192. The third-order valence-electron chi connectivity index (χ3n) is 5.65. The van der Waals surface area contributed by atoms with Gasteiger partial charge in [-0.1, -0.05) is 17.7 Å². The molecule has 5 rings (SSSR count). The normalized spacial score (nSPS) is 13.3. The van der Waals surface area contributed by atoms with Crippen molar-refractivity contribution in [3.05, 3.63) is 77.8 Å². The molecule has 2 N–H and O–H groups in total. The Balaban J connectivity index is 1.27. The number of ether oxygens (including phenoxy) is 2. The molecule has 0 unspecified atom stereocenters. The number of hydrogen-bond acceptors (Lipinski definition) is 6. The fourth-order valence-electron chi connectivity index (χ4n) is 3.91. The zero-order valence-corrected chi connectivity index (χ0v) is 20.7. The van der Waals surface area contributed by atoms with Crippen molar-refractivity contribution in [3.8, 4) is 22.9 Å². The van der Waals surface area contributed by atoms with Crippen molar-refractivity contribution in [2.45, 2.75) is 0 Å². The molecule has 2 aromatic heterocycles. The van der Waals surface area contributed by atoms with Crippen molar-refractivity contribution >= 4 is 34.7 Å². The van der Waals surface area contributed by atoms with Gasteiger partial charge in [0.1, 0.15) is 11.6 Å². The molecule has 37 heavy (non-hydrogen) atoms. The van der Waals surface area contributed by atoms with Gasteiger partial charge in [-0.25, -0.2) is 14.2 Å². The van der Waals surface area contributed by atoms with E-state index in [9.17, 15) is 9.18 Å². The van der Waals surface area contributed by atoms with Crippen molar-refractivity contribution in [2.75, 3.05) is 41.8 Å². The molecule has 1 fully saturated rings. The number of nitrogens with one attached hydrogen (secondary N) is 2. The largest absolute Gasteiger partial charge is 0.439 e. The third kappa shape index (κ3) is 6.16. The summed E-state index contributed by atoms with van der Waals surface area (Å²) in [5.41, 5.74) is 2.82. The number of pyridine rings is 1. The minimum Gasteiger partial charge on any atom is -0.439 e. The molecular formula is C26H24ClFN6O3. The molecule has 1 saturated heterocycles. The predicted molar refractivity (Wildman–Crippen MR) is 140 cm³/mol. The van der Waals surface area contributed by atoms with Gasteiger partial charge in [-0.2, -0.15) is 5.10 Å². The van der Waals surface area contributed by atoms with Gasteiger partial charge >= 0.3 is 6.03 Å². The first-order valence-electron chi connectivity index (χ1n) is 11.6. The minimum absolute atomic E-state index is 0.0474. The zero-order valence-electron chi connectivity index (χ0n) is 19.9. The van der Waals surface area contributed by atoms with Crippen molar-refractivity contribution in [1.29, 1.82) is 0 Å². The van der Waals surface area contributed by atoms with Crippen LogP contribution in [0.1, 0.15) is 0 Å². The van der Waals surface area contributed by atoms with Crippen LogP contribution < -0.4 is 20.3 Å². The smallest absolute Gasteiger partial charge is 0.323 e. The Hall–Kier alpha value is -4.15. The predicted octanol–water partition coefficient (Wildman–Crippen LogP) is 5.55. The van der Waals surface area contributed by atoms with Crippen LogP contribution in [0.2, 0.25) is 5.02 Å². The van der Waals surface area contributed by atoms with Gasteiger partial charge in [0.15, 0.2) is 0 Å². The summed E-state index contributed by atoms with van der Waals surface area (Å²) < 4.78 is 27.4. The number of morpholine rings is 1. The van der Waals surface area contributed by atoms with Crippen molar-refractivity contribution in [1.82, 2.24) is 14.8 Å². The number of urea groups is 1. The van der Waals surface area contributed by atoms with Crippen LogP contribution in [0.4, 0.5) is 26.2 Å². The highest BCUT2D eigenvalue weighted by atomic mass is 35.5. The highest BCUT2D eigenvalue weighted by molar-refractivity contribution is 6.31. The summed E-state index contributed by atoms with van der Waals surface area (Å²) >= 11 is 6.27. The summed E-state index contributed by atoms with van der Waals surface area (Å²) in [6.45, 7) is 2.70. The Labute approximate surface area is 217 Å². The molecule has 1 aliphatic rings. The van der Waals surface area contributed by atoms with E-state index in [1.807, 2.05) is 31.4 Å². The third-order valence-corrected chi connectivity index (χ3v) is 5.87. The van der Waals surface area contributed by atoms with Crippen LogP contribution >= 0.6 is 11.6 Å². The molecule has 1 aliphatic heterocycles. The highest BCUT2D eigenvalue weighted by Crippen LogP contribution is 2.29. The van der Waals surface area contributed by atoms with Crippen LogP contribution in [0, 0.1) is 5.82 Å². The topological polar surface area (TPSA) is 93.5 Å². The maximum absolute atomic E-state index is 14.5. The molecule has 4 aromatic rings. The Morgan fingerprint density at radius 1 is 1.11 bits per heavy atom. The second-order valence-corrected chi connectivity index (χ2v) is 8.82. The molecule has 9 nitrogen and oxygen atoms in total. The summed E-state index contributed by atoms with van der Waals surface area (Å²) in [5, 5.41) is 9.87. The van der Waals surface area contributed by atoms with Gasteiger partial charge in [0.05, 0.1) is 30.8 Å². The summed E-state index contributed by atoms with van der Waals surface area (Å²) in [6.07, 6.45) is 3.54. The first-order valence-corrected chi connectivity index (χ1v) is 12.0. The van der Waals surface area contributed by atoms with Gasteiger partial charge in [0.25, 0.3) is 0 Å². The number of benzene rings is 2. The zero-order chi connectivity index (χ0) is 25.8. The van der Waals surface area contributed by atoms with Crippen molar-refractivity contribution < 1.29 is 18.7 Å². The summed E-state index contributed by atoms with van der Waals surface area (Å²) in [4.78, 5) is 19.3. The highest BCUT2D eigenvalue weighted by Gasteiger charge is 2.15. The number of rotatable bonds is 6. The summed E-state index contributed by atoms with van der Waals surface area (Å²) in [6, 6.07) is 14.0. The van der Waals surface area contributed by atoms with Gasteiger partial charge in [-0.3, -0.25) is 4.68 Å². The molecule has 3 heterocycles.